The number of hydrogen-bond acceptors (Lipinski definition) is 6. The minimum Gasteiger partial charge on any atom is -0.389 e. The zero-order valence-corrected chi connectivity index (χ0v) is 17.6. The molecule has 3 aromatic rings. The monoisotopic (exact) mass is 468 g/mol. The maximum atomic E-state index is 13.8. The second-order valence-corrected chi connectivity index (χ2v) is 9.04. The SMILES string of the molecule is O=S(=O)(Nc1ccc(Cl)c(-c2cccc(F)c2Cl)n1)c1cccc(N2CC(O)C2)n1. The van der Waals surface area contributed by atoms with Gasteiger partial charge in [-0.05, 0) is 30.3 Å². The van der Waals surface area contributed by atoms with Crippen LogP contribution in [0.4, 0.5) is 16.0 Å². The minimum atomic E-state index is -4.06. The molecule has 0 aliphatic carbocycles. The van der Waals surface area contributed by atoms with Crippen LogP contribution >= 0.6 is 23.2 Å². The third kappa shape index (κ3) is 4.06. The van der Waals surface area contributed by atoms with E-state index in [-0.39, 0.29) is 32.1 Å². The summed E-state index contributed by atoms with van der Waals surface area (Å²) in [5.41, 5.74) is 0.372. The van der Waals surface area contributed by atoms with Gasteiger partial charge in [0.25, 0.3) is 10.0 Å². The van der Waals surface area contributed by atoms with Gasteiger partial charge in [-0.1, -0.05) is 41.4 Å². The van der Waals surface area contributed by atoms with E-state index in [2.05, 4.69) is 14.7 Å². The lowest BCUT2D eigenvalue weighted by atomic mass is 10.1. The number of aromatic nitrogens is 2. The topological polar surface area (TPSA) is 95.4 Å². The highest BCUT2D eigenvalue weighted by Crippen LogP contribution is 2.34. The summed E-state index contributed by atoms with van der Waals surface area (Å²) >= 11 is 12.2. The van der Waals surface area contributed by atoms with Crippen molar-refractivity contribution in [3.8, 4) is 11.3 Å². The number of sulfonamides is 1. The predicted octanol–water partition coefficient (Wildman–Crippen LogP) is 3.57. The lowest BCUT2D eigenvalue weighted by Crippen LogP contribution is -2.51. The number of nitrogens with one attached hydrogen (secondary N) is 1. The van der Waals surface area contributed by atoms with Gasteiger partial charge in [-0.25, -0.2) is 14.4 Å². The maximum Gasteiger partial charge on any atom is 0.280 e. The Morgan fingerprint density at radius 3 is 2.53 bits per heavy atom. The Bertz CT molecular complexity index is 1220. The largest absolute Gasteiger partial charge is 0.389 e. The highest BCUT2D eigenvalue weighted by Gasteiger charge is 2.27. The van der Waals surface area contributed by atoms with Crippen LogP contribution in [0.5, 0.6) is 0 Å². The summed E-state index contributed by atoms with van der Waals surface area (Å²) in [6.07, 6.45) is -0.448. The Hall–Kier alpha value is -2.46. The first-order chi connectivity index (χ1) is 14.2. The van der Waals surface area contributed by atoms with Crippen molar-refractivity contribution < 1.29 is 17.9 Å². The normalized spacial score (nSPS) is 14.5. The molecule has 0 saturated carbocycles. The molecule has 4 rings (SSSR count). The van der Waals surface area contributed by atoms with Gasteiger partial charge in [0, 0.05) is 18.7 Å². The van der Waals surface area contributed by atoms with Crippen molar-refractivity contribution in [2.45, 2.75) is 11.1 Å². The molecule has 1 fully saturated rings. The van der Waals surface area contributed by atoms with Gasteiger partial charge in [0.1, 0.15) is 17.5 Å². The number of anilines is 2. The molecular weight excluding hydrogens is 454 g/mol. The summed E-state index contributed by atoms with van der Waals surface area (Å²) in [4.78, 5) is 10.1. The first-order valence-electron chi connectivity index (χ1n) is 8.78. The number of β-amino-alcohol motifs (C(OH)–C–C–N with tert-alkyl or cyclic N) is 1. The Morgan fingerprint density at radius 2 is 1.80 bits per heavy atom. The summed E-state index contributed by atoms with van der Waals surface area (Å²) in [6, 6.07) is 11.6. The molecule has 0 spiro atoms. The van der Waals surface area contributed by atoms with E-state index in [0.29, 0.717) is 18.9 Å². The molecule has 0 unspecified atom stereocenters. The molecule has 3 heterocycles. The number of hydrogen-bond donors (Lipinski definition) is 2. The second-order valence-electron chi connectivity index (χ2n) is 6.63. The third-order valence-corrected chi connectivity index (χ3v) is 6.41. The molecule has 30 heavy (non-hydrogen) atoms. The van der Waals surface area contributed by atoms with Crippen molar-refractivity contribution in [3.63, 3.8) is 0 Å². The molecule has 1 aliphatic heterocycles. The molecule has 0 amide bonds. The number of aliphatic hydroxyl groups excluding tert-OH is 1. The summed E-state index contributed by atoms with van der Waals surface area (Å²) < 4.78 is 41.8. The fourth-order valence-electron chi connectivity index (χ4n) is 2.94. The summed E-state index contributed by atoms with van der Waals surface area (Å²) in [7, 11) is -4.06. The molecule has 2 N–H and O–H groups in total. The van der Waals surface area contributed by atoms with Crippen LogP contribution < -0.4 is 9.62 Å². The van der Waals surface area contributed by atoms with Crippen LogP contribution in [0.1, 0.15) is 0 Å². The molecule has 1 aromatic carbocycles. The smallest absolute Gasteiger partial charge is 0.280 e. The molecule has 1 aliphatic rings. The van der Waals surface area contributed by atoms with E-state index in [1.54, 1.807) is 17.0 Å². The van der Waals surface area contributed by atoms with Crippen LogP contribution in [-0.2, 0) is 10.0 Å². The average Bonchev–Trinajstić information content (AvgIpc) is 2.69. The Labute approximate surface area is 182 Å². The van der Waals surface area contributed by atoms with E-state index < -0.39 is 21.9 Å². The molecular formula is C19H15Cl2FN4O3S. The predicted molar refractivity (Wildman–Crippen MR) is 113 cm³/mol. The molecule has 0 atom stereocenters. The number of pyridine rings is 2. The van der Waals surface area contributed by atoms with Gasteiger partial charge in [0.05, 0.1) is 21.8 Å². The molecule has 1 saturated heterocycles. The van der Waals surface area contributed by atoms with E-state index >= 15 is 0 Å². The zero-order chi connectivity index (χ0) is 21.5. The molecule has 7 nitrogen and oxygen atoms in total. The Kier molecular flexibility index (Phi) is 5.54. The van der Waals surface area contributed by atoms with Crippen LogP contribution in [-0.4, -0.2) is 42.7 Å². The number of nitrogens with zero attached hydrogens (tertiary/aromatic N) is 3. The van der Waals surface area contributed by atoms with E-state index in [4.69, 9.17) is 23.2 Å². The Morgan fingerprint density at radius 1 is 1.07 bits per heavy atom. The first kappa shape index (κ1) is 20.8. The lowest BCUT2D eigenvalue weighted by Gasteiger charge is -2.36. The van der Waals surface area contributed by atoms with Crippen LogP contribution in [0.3, 0.4) is 0 Å². The van der Waals surface area contributed by atoms with E-state index in [0.717, 1.165) is 0 Å². The van der Waals surface area contributed by atoms with E-state index in [9.17, 15) is 17.9 Å². The molecule has 0 bridgehead atoms. The number of halogens is 3. The van der Waals surface area contributed by atoms with Crippen molar-refractivity contribution in [1.82, 2.24) is 9.97 Å². The lowest BCUT2D eigenvalue weighted by molar-refractivity contribution is 0.141. The third-order valence-electron chi connectivity index (χ3n) is 4.46. The van der Waals surface area contributed by atoms with Crippen LogP contribution in [0, 0.1) is 5.82 Å². The molecule has 0 radical (unpaired) electrons. The van der Waals surface area contributed by atoms with Crippen LogP contribution in [0.25, 0.3) is 11.3 Å². The van der Waals surface area contributed by atoms with E-state index in [1.807, 2.05) is 0 Å². The summed E-state index contributed by atoms with van der Waals surface area (Å²) in [5, 5.41) is 9.24. The van der Waals surface area contributed by atoms with Gasteiger partial charge in [0.2, 0.25) is 0 Å². The van der Waals surface area contributed by atoms with Crippen molar-refractivity contribution in [1.29, 1.82) is 0 Å². The van der Waals surface area contributed by atoms with Gasteiger partial charge in [-0.3, -0.25) is 4.72 Å². The zero-order valence-electron chi connectivity index (χ0n) is 15.3. The van der Waals surface area contributed by atoms with Crippen molar-refractivity contribution >= 4 is 44.9 Å². The second kappa shape index (κ2) is 7.99. The highest BCUT2D eigenvalue weighted by molar-refractivity contribution is 7.92. The quantitative estimate of drug-likeness (QED) is 0.594. The highest BCUT2D eigenvalue weighted by atomic mass is 35.5. The van der Waals surface area contributed by atoms with Crippen molar-refractivity contribution in [3.05, 3.63) is 64.4 Å². The van der Waals surface area contributed by atoms with Gasteiger partial charge in [-0.2, -0.15) is 8.42 Å². The van der Waals surface area contributed by atoms with Gasteiger partial charge >= 0.3 is 0 Å². The van der Waals surface area contributed by atoms with Gasteiger partial charge in [0.15, 0.2) is 5.03 Å². The minimum absolute atomic E-state index is 0.0266. The molecule has 2 aromatic heterocycles. The van der Waals surface area contributed by atoms with Crippen LogP contribution in [0.15, 0.2) is 53.6 Å². The standard InChI is InChI=1S/C19H15Cl2FN4O3S/c20-13-7-8-15(23-19(13)12-3-1-4-14(22)18(12)21)25-30(28,29)17-6-2-5-16(24-17)26-9-11(27)10-26/h1-8,11,27H,9-10H2,(H,23,25). The first-order valence-corrected chi connectivity index (χ1v) is 11.0. The molecule has 156 valence electrons. The molecule has 11 heteroatoms. The maximum absolute atomic E-state index is 13.8. The number of aliphatic hydroxyl groups is 1. The van der Waals surface area contributed by atoms with Gasteiger partial charge in [-0.15, -0.1) is 0 Å². The van der Waals surface area contributed by atoms with Gasteiger partial charge < -0.3 is 10.0 Å². The number of rotatable bonds is 5. The summed E-state index contributed by atoms with van der Waals surface area (Å²) in [5.74, 6) is -0.226. The van der Waals surface area contributed by atoms with E-state index in [1.165, 1.54) is 36.4 Å². The summed E-state index contributed by atoms with van der Waals surface area (Å²) in [6.45, 7) is 0.779. The fraction of sp³-hybridized carbons (Fsp3) is 0.158. The van der Waals surface area contributed by atoms with Crippen molar-refractivity contribution in [2.24, 2.45) is 0 Å². The fourth-order valence-corrected chi connectivity index (χ4v) is 4.32. The number of benzene rings is 1. The Balaban J connectivity index is 1.64. The van der Waals surface area contributed by atoms with Crippen LogP contribution in [0.2, 0.25) is 10.0 Å². The van der Waals surface area contributed by atoms with Crippen molar-refractivity contribution in [2.75, 3.05) is 22.7 Å². The average molecular weight is 469 g/mol.